The number of hydrogen-bond acceptors (Lipinski definition) is 5. The average Bonchev–Trinajstić information content (AvgIpc) is 2.91. The van der Waals surface area contributed by atoms with Crippen molar-refractivity contribution in [3.05, 3.63) is 87.9 Å². The van der Waals surface area contributed by atoms with Gasteiger partial charge in [0.25, 0.3) is 10.0 Å². The molecule has 0 aliphatic heterocycles. The Kier molecular flexibility index (Phi) is 10.1. The van der Waals surface area contributed by atoms with Crippen molar-refractivity contribution < 1.29 is 18.0 Å². The highest BCUT2D eigenvalue weighted by atomic mass is 35.5. The number of thioether (sulfide) groups is 1. The van der Waals surface area contributed by atoms with E-state index < -0.39 is 34.4 Å². The van der Waals surface area contributed by atoms with Crippen LogP contribution in [0.4, 0.5) is 5.69 Å². The van der Waals surface area contributed by atoms with Crippen LogP contribution in [0.3, 0.4) is 0 Å². The molecular weight excluding hydrogens is 565 g/mol. The highest BCUT2D eigenvalue weighted by Crippen LogP contribution is 2.27. The molecule has 0 aliphatic carbocycles. The Bertz CT molecular complexity index is 1400. The van der Waals surface area contributed by atoms with Gasteiger partial charge >= 0.3 is 0 Å². The van der Waals surface area contributed by atoms with E-state index in [1.54, 1.807) is 61.5 Å². The van der Waals surface area contributed by atoms with E-state index in [0.717, 1.165) is 14.8 Å². The molecule has 0 unspecified atom stereocenters. The minimum Gasteiger partial charge on any atom is -0.357 e. The largest absolute Gasteiger partial charge is 0.357 e. The molecule has 0 bridgehead atoms. The van der Waals surface area contributed by atoms with E-state index in [4.69, 9.17) is 23.2 Å². The van der Waals surface area contributed by atoms with Crippen LogP contribution in [0, 0.1) is 6.92 Å². The molecule has 1 N–H and O–H groups in total. The third-order valence-corrected chi connectivity index (χ3v) is 9.27. The highest BCUT2D eigenvalue weighted by molar-refractivity contribution is 7.98. The lowest BCUT2D eigenvalue weighted by Crippen LogP contribution is -2.50. The van der Waals surface area contributed by atoms with Crippen molar-refractivity contribution in [2.45, 2.75) is 36.2 Å². The minimum absolute atomic E-state index is 0.0223. The summed E-state index contributed by atoms with van der Waals surface area (Å²) in [5.74, 6) is -0.951. The van der Waals surface area contributed by atoms with Gasteiger partial charge in [0, 0.05) is 18.5 Å². The van der Waals surface area contributed by atoms with Crippen LogP contribution in [0.1, 0.15) is 18.1 Å². The zero-order valence-corrected chi connectivity index (χ0v) is 24.6. The Labute approximate surface area is 238 Å². The molecular formula is C27H29Cl2N3O4S2. The number of benzene rings is 3. The SMILES string of the molecule is CNC(=O)[C@@H](C)N(Cc1ccc(Cl)c(Cl)c1)C(=O)CN(c1ccc(C)cc1)S(=O)(=O)c1ccc(SC)cc1. The van der Waals surface area contributed by atoms with Gasteiger partial charge in [-0.25, -0.2) is 8.42 Å². The van der Waals surface area contributed by atoms with Crippen molar-refractivity contribution in [3.63, 3.8) is 0 Å². The van der Waals surface area contributed by atoms with E-state index in [2.05, 4.69) is 5.32 Å². The number of rotatable bonds is 10. The van der Waals surface area contributed by atoms with Gasteiger partial charge in [-0.15, -0.1) is 11.8 Å². The van der Waals surface area contributed by atoms with Crippen LogP contribution < -0.4 is 9.62 Å². The first-order valence-corrected chi connectivity index (χ1v) is 15.1. The molecule has 0 radical (unpaired) electrons. The predicted molar refractivity (Wildman–Crippen MR) is 154 cm³/mol. The molecule has 0 aromatic heterocycles. The quantitative estimate of drug-likeness (QED) is 0.319. The van der Waals surface area contributed by atoms with Crippen molar-refractivity contribution in [1.82, 2.24) is 10.2 Å². The van der Waals surface area contributed by atoms with Crippen molar-refractivity contribution >= 4 is 62.5 Å². The molecule has 38 heavy (non-hydrogen) atoms. The number of nitrogens with one attached hydrogen (secondary N) is 1. The first-order valence-electron chi connectivity index (χ1n) is 11.7. The maximum atomic E-state index is 13.8. The van der Waals surface area contributed by atoms with E-state index in [0.29, 0.717) is 21.3 Å². The average molecular weight is 595 g/mol. The smallest absolute Gasteiger partial charge is 0.264 e. The standard InChI is InChI=1S/C27H29Cl2N3O4S2/c1-18-5-8-21(9-6-18)32(38(35,36)23-12-10-22(37-4)11-13-23)17-26(33)31(19(2)27(34)30-3)16-20-7-14-24(28)25(29)15-20/h5-15,19H,16-17H2,1-4H3,(H,30,34)/t19-/m1/s1. The summed E-state index contributed by atoms with van der Waals surface area (Å²) in [4.78, 5) is 28.6. The van der Waals surface area contributed by atoms with Crippen LogP contribution >= 0.6 is 35.0 Å². The van der Waals surface area contributed by atoms with Gasteiger partial charge in [0.2, 0.25) is 11.8 Å². The number of anilines is 1. The molecule has 0 saturated heterocycles. The zero-order chi connectivity index (χ0) is 28.0. The molecule has 3 aromatic rings. The third kappa shape index (κ3) is 7.02. The predicted octanol–water partition coefficient (Wildman–Crippen LogP) is 5.38. The molecule has 0 aliphatic rings. The van der Waals surface area contributed by atoms with Crippen LogP contribution in [0.5, 0.6) is 0 Å². The number of aryl methyl sites for hydroxylation is 1. The van der Waals surface area contributed by atoms with E-state index >= 15 is 0 Å². The monoisotopic (exact) mass is 593 g/mol. The molecule has 3 aromatic carbocycles. The first kappa shape index (κ1) is 29.8. The normalized spacial score (nSPS) is 12.1. The Balaban J connectivity index is 2.03. The highest BCUT2D eigenvalue weighted by Gasteiger charge is 2.32. The van der Waals surface area contributed by atoms with Crippen molar-refractivity contribution in [3.8, 4) is 0 Å². The number of sulfonamides is 1. The maximum absolute atomic E-state index is 13.8. The second-order valence-corrected chi connectivity index (χ2v) is 12.1. The van der Waals surface area contributed by atoms with Crippen LogP contribution in [-0.4, -0.2) is 51.0 Å². The Morgan fingerprint density at radius 2 is 1.61 bits per heavy atom. The van der Waals surface area contributed by atoms with Gasteiger partial charge < -0.3 is 10.2 Å². The Morgan fingerprint density at radius 3 is 2.16 bits per heavy atom. The summed E-state index contributed by atoms with van der Waals surface area (Å²) in [5.41, 5.74) is 1.91. The van der Waals surface area contributed by atoms with Gasteiger partial charge in [-0.2, -0.15) is 0 Å². The van der Waals surface area contributed by atoms with Gasteiger partial charge in [-0.05, 0) is 74.2 Å². The molecule has 202 valence electrons. The lowest BCUT2D eigenvalue weighted by molar-refractivity contribution is -0.139. The third-order valence-electron chi connectivity index (χ3n) is 6.00. The van der Waals surface area contributed by atoms with Gasteiger partial charge in [0.1, 0.15) is 12.6 Å². The summed E-state index contributed by atoms with van der Waals surface area (Å²) in [6, 6.07) is 17.4. The van der Waals surface area contributed by atoms with Crippen LogP contribution in [0.2, 0.25) is 10.0 Å². The number of carbonyl (C=O) groups excluding carboxylic acids is 2. The summed E-state index contributed by atoms with van der Waals surface area (Å²) in [6.45, 7) is 2.98. The Hall–Kier alpha value is -2.72. The van der Waals surface area contributed by atoms with E-state index in [9.17, 15) is 18.0 Å². The Morgan fingerprint density at radius 1 is 0.974 bits per heavy atom. The van der Waals surface area contributed by atoms with Gasteiger partial charge in [-0.3, -0.25) is 13.9 Å². The first-order chi connectivity index (χ1) is 18.0. The van der Waals surface area contributed by atoms with E-state index in [1.165, 1.54) is 35.8 Å². The summed E-state index contributed by atoms with van der Waals surface area (Å²) in [6.07, 6.45) is 1.90. The molecule has 11 heteroatoms. The number of hydrogen-bond donors (Lipinski definition) is 1. The second-order valence-electron chi connectivity index (χ2n) is 8.58. The summed E-state index contributed by atoms with van der Waals surface area (Å²) < 4.78 is 28.7. The summed E-state index contributed by atoms with van der Waals surface area (Å²) in [7, 11) is -2.65. The van der Waals surface area contributed by atoms with Crippen molar-refractivity contribution in [2.75, 3.05) is 24.2 Å². The zero-order valence-electron chi connectivity index (χ0n) is 21.4. The number of nitrogens with zero attached hydrogens (tertiary/aromatic N) is 2. The molecule has 7 nitrogen and oxygen atoms in total. The van der Waals surface area contributed by atoms with E-state index in [-0.39, 0.29) is 11.4 Å². The fourth-order valence-corrected chi connectivity index (χ4v) is 5.88. The summed E-state index contributed by atoms with van der Waals surface area (Å²) >= 11 is 13.7. The van der Waals surface area contributed by atoms with Crippen LogP contribution in [0.25, 0.3) is 0 Å². The van der Waals surface area contributed by atoms with Crippen LogP contribution in [0.15, 0.2) is 76.5 Å². The van der Waals surface area contributed by atoms with Crippen molar-refractivity contribution in [2.24, 2.45) is 0 Å². The molecule has 0 fully saturated rings. The summed E-state index contributed by atoms with van der Waals surface area (Å²) in [5, 5.41) is 3.22. The number of likely N-dealkylation sites (N-methyl/N-ethyl adjacent to an activating group) is 1. The van der Waals surface area contributed by atoms with E-state index in [1.807, 2.05) is 13.2 Å². The fourth-order valence-electron chi connectivity index (χ4n) is 3.74. The lowest BCUT2D eigenvalue weighted by atomic mass is 10.1. The molecule has 3 rings (SSSR count). The molecule has 2 amide bonds. The number of amides is 2. The molecule has 0 saturated carbocycles. The lowest BCUT2D eigenvalue weighted by Gasteiger charge is -2.32. The van der Waals surface area contributed by atoms with Gasteiger partial charge in [0.15, 0.2) is 0 Å². The second kappa shape index (κ2) is 12.9. The maximum Gasteiger partial charge on any atom is 0.264 e. The minimum atomic E-state index is -4.12. The topological polar surface area (TPSA) is 86.8 Å². The molecule has 0 heterocycles. The number of carbonyl (C=O) groups is 2. The molecule has 1 atom stereocenters. The molecule has 0 spiro atoms. The fraction of sp³-hybridized carbons (Fsp3) is 0.259. The van der Waals surface area contributed by atoms with Crippen molar-refractivity contribution in [1.29, 1.82) is 0 Å². The van der Waals surface area contributed by atoms with Gasteiger partial charge in [-0.1, -0.05) is 47.0 Å². The van der Waals surface area contributed by atoms with Gasteiger partial charge in [0.05, 0.1) is 20.6 Å². The van der Waals surface area contributed by atoms with Crippen LogP contribution in [-0.2, 0) is 26.2 Å². The number of halogens is 2.